The molecule has 3 N–H and O–H groups in total. The highest BCUT2D eigenvalue weighted by Gasteiger charge is 2.17. The van der Waals surface area contributed by atoms with Crippen molar-refractivity contribution in [1.29, 1.82) is 0 Å². The maximum absolute atomic E-state index is 12.8. The number of benzene rings is 2. The van der Waals surface area contributed by atoms with Crippen LogP contribution < -0.4 is 15.4 Å². The van der Waals surface area contributed by atoms with Crippen molar-refractivity contribution < 1.29 is 28.6 Å². The first-order valence-electron chi connectivity index (χ1n) is 8.81. The van der Waals surface area contributed by atoms with Gasteiger partial charge in [-0.1, -0.05) is 18.2 Å². The summed E-state index contributed by atoms with van der Waals surface area (Å²) >= 11 is 0. The van der Waals surface area contributed by atoms with E-state index in [0.717, 1.165) is 0 Å². The van der Waals surface area contributed by atoms with Crippen molar-refractivity contribution in [2.45, 2.75) is 0 Å². The second-order valence-corrected chi connectivity index (χ2v) is 6.10. The van der Waals surface area contributed by atoms with E-state index in [9.17, 15) is 14.4 Å². The van der Waals surface area contributed by atoms with E-state index in [2.05, 4.69) is 10.6 Å². The number of carboxylic acid groups (broad SMARTS) is 1. The van der Waals surface area contributed by atoms with Crippen LogP contribution in [-0.2, 0) is 4.79 Å². The van der Waals surface area contributed by atoms with Crippen molar-refractivity contribution in [3.8, 4) is 5.75 Å². The molecule has 0 aliphatic heterocycles. The molecule has 0 unspecified atom stereocenters. The Morgan fingerprint density at radius 2 is 1.80 bits per heavy atom. The largest absolute Gasteiger partial charge is 0.497 e. The molecule has 30 heavy (non-hydrogen) atoms. The third-order valence-corrected chi connectivity index (χ3v) is 4.03. The van der Waals surface area contributed by atoms with Gasteiger partial charge in [-0.15, -0.1) is 0 Å². The molecule has 0 saturated heterocycles. The van der Waals surface area contributed by atoms with E-state index in [1.807, 2.05) is 0 Å². The van der Waals surface area contributed by atoms with Gasteiger partial charge in [0.15, 0.2) is 5.76 Å². The van der Waals surface area contributed by atoms with Crippen molar-refractivity contribution in [1.82, 2.24) is 5.32 Å². The first kappa shape index (κ1) is 20.4. The van der Waals surface area contributed by atoms with Gasteiger partial charge in [0.2, 0.25) is 0 Å². The topological polar surface area (TPSA) is 118 Å². The van der Waals surface area contributed by atoms with Crippen LogP contribution in [0.15, 0.2) is 77.0 Å². The Bertz CT molecular complexity index is 1090. The molecule has 0 saturated carbocycles. The van der Waals surface area contributed by atoms with Gasteiger partial charge < -0.3 is 24.9 Å². The zero-order valence-corrected chi connectivity index (χ0v) is 15.9. The summed E-state index contributed by atoms with van der Waals surface area (Å²) < 4.78 is 10.2. The molecule has 0 spiro atoms. The molecular formula is C22H18N2O6. The van der Waals surface area contributed by atoms with Gasteiger partial charge in [0.05, 0.1) is 18.9 Å². The third-order valence-electron chi connectivity index (χ3n) is 4.03. The summed E-state index contributed by atoms with van der Waals surface area (Å²) in [6.45, 7) is 0. The van der Waals surface area contributed by atoms with Crippen molar-refractivity contribution >= 4 is 29.5 Å². The second-order valence-electron chi connectivity index (χ2n) is 6.10. The molecule has 0 fully saturated rings. The molecule has 8 heteroatoms. The molecule has 1 aromatic heterocycles. The number of rotatable bonds is 7. The maximum Gasteiger partial charge on any atom is 0.335 e. The number of anilines is 1. The molecule has 3 rings (SSSR count). The van der Waals surface area contributed by atoms with Crippen LogP contribution in [0.3, 0.4) is 0 Å². The lowest BCUT2D eigenvalue weighted by atomic mass is 10.1. The maximum atomic E-state index is 12.8. The molecule has 2 amide bonds. The first-order chi connectivity index (χ1) is 14.5. The number of furan rings is 1. The second kappa shape index (κ2) is 9.24. The van der Waals surface area contributed by atoms with Crippen LogP contribution in [0.5, 0.6) is 5.75 Å². The average molecular weight is 406 g/mol. The van der Waals surface area contributed by atoms with Gasteiger partial charge in [-0.05, 0) is 54.1 Å². The molecular weight excluding hydrogens is 388 g/mol. The van der Waals surface area contributed by atoms with Gasteiger partial charge in [0.25, 0.3) is 11.8 Å². The SMILES string of the molecule is COc1ccc(/C=C(/NC(=O)c2ccco2)C(=O)Nc2cccc(C(=O)O)c2)cc1. The lowest BCUT2D eigenvalue weighted by molar-refractivity contribution is -0.113. The van der Waals surface area contributed by atoms with Crippen molar-refractivity contribution in [3.05, 3.63) is 89.5 Å². The Morgan fingerprint density at radius 3 is 2.43 bits per heavy atom. The molecule has 3 aromatic rings. The third kappa shape index (κ3) is 5.14. The van der Waals surface area contributed by atoms with Crippen LogP contribution >= 0.6 is 0 Å². The fraction of sp³-hybridized carbons (Fsp3) is 0.0455. The van der Waals surface area contributed by atoms with Gasteiger partial charge in [0.1, 0.15) is 11.4 Å². The predicted molar refractivity (Wildman–Crippen MR) is 109 cm³/mol. The lowest BCUT2D eigenvalue weighted by Gasteiger charge is -2.11. The van der Waals surface area contributed by atoms with E-state index < -0.39 is 17.8 Å². The van der Waals surface area contributed by atoms with Crippen LogP contribution in [-0.4, -0.2) is 30.0 Å². The predicted octanol–water partition coefficient (Wildman–Crippen LogP) is 3.40. The molecule has 0 radical (unpaired) electrons. The number of hydrogen-bond donors (Lipinski definition) is 3. The minimum absolute atomic E-state index is 0.0214. The molecule has 0 bridgehead atoms. The van der Waals surface area contributed by atoms with Gasteiger partial charge in [-0.2, -0.15) is 0 Å². The molecule has 0 aliphatic rings. The average Bonchev–Trinajstić information content (AvgIpc) is 3.29. The highest BCUT2D eigenvalue weighted by atomic mass is 16.5. The number of methoxy groups -OCH3 is 1. The smallest absolute Gasteiger partial charge is 0.335 e. The van der Waals surface area contributed by atoms with Gasteiger partial charge in [-0.3, -0.25) is 9.59 Å². The summed E-state index contributed by atoms with van der Waals surface area (Å²) in [5.41, 5.74) is 0.878. The van der Waals surface area contributed by atoms with Crippen molar-refractivity contribution in [2.24, 2.45) is 0 Å². The Balaban J connectivity index is 1.88. The Hall–Kier alpha value is -4.33. The van der Waals surface area contributed by atoms with E-state index in [1.54, 1.807) is 43.5 Å². The van der Waals surface area contributed by atoms with Crippen LogP contribution in [0.4, 0.5) is 5.69 Å². The van der Waals surface area contributed by atoms with Crippen molar-refractivity contribution in [3.63, 3.8) is 0 Å². The van der Waals surface area contributed by atoms with E-state index in [4.69, 9.17) is 14.3 Å². The number of carbonyl (C=O) groups is 3. The molecule has 2 aromatic carbocycles. The standard InChI is InChI=1S/C22H18N2O6/c1-29-17-9-7-14(8-10-17)12-18(24-21(26)19-6-3-11-30-19)20(25)23-16-5-2-4-15(13-16)22(27)28/h2-13H,1H3,(H,23,25)(H,24,26)(H,27,28)/b18-12+. The van der Waals surface area contributed by atoms with E-state index >= 15 is 0 Å². The summed E-state index contributed by atoms with van der Waals surface area (Å²) in [4.78, 5) is 36.4. The van der Waals surface area contributed by atoms with Crippen LogP contribution in [0.2, 0.25) is 0 Å². The first-order valence-corrected chi connectivity index (χ1v) is 8.81. The van der Waals surface area contributed by atoms with Crippen LogP contribution in [0, 0.1) is 0 Å². The zero-order chi connectivity index (χ0) is 21.5. The van der Waals surface area contributed by atoms with Gasteiger partial charge in [0, 0.05) is 5.69 Å². The minimum Gasteiger partial charge on any atom is -0.497 e. The number of ether oxygens (including phenoxy) is 1. The van der Waals surface area contributed by atoms with Crippen LogP contribution in [0.25, 0.3) is 6.08 Å². The zero-order valence-electron chi connectivity index (χ0n) is 15.9. The Labute approximate surface area is 171 Å². The monoisotopic (exact) mass is 406 g/mol. The molecule has 0 atom stereocenters. The minimum atomic E-state index is -1.12. The lowest BCUT2D eigenvalue weighted by Crippen LogP contribution is -2.30. The number of carboxylic acids is 1. The Kier molecular flexibility index (Phi) is 6.29. The number of aromatic carboxylic acids is 1. The van der Waals surface area contributed by atoms with Crippen molar-refractivity contribution in [2.75, 3.05) is 12.4 Å². The van der Waals surface area contributed by atoms with E-state index in [1.165, 1.54) is 36.6 Å². The summed E-state index contributed by atoms with van der Waals surface area (Å²) in [6, 6.07) is 15.7. The fourth-order valence-electron chi connectivity index (χ4n) is 2.55. The number of amides is 2. The number of hydrogen-bond acceptors (Lipinski definition) is 5. The molecule has 8 nitrogen and oxygen atoms in total. The summed E-state index contributed by atoms with van der Waals surface area (Å²) in [6.07, 6.45) is 2.83. The molecule has 0 aliphatic carbocycles. The van der Waals surface area contributed by atoms with E-state index in [-0.39, 0.29) is 22.7 Å². The highest BCUT2D eigenvalue weighted by molar-refractivity contribution is 6.10. The van der Waals surface area contributed by atoms with Gasteiger partial charge >= 0.3 is 5.97 Å². The van der Waals surface area contributed by atoms with Crippen LogP contribution in [0.1, 0.15) is 26.5 Å². The molecule has 152 valence electrons. The summed E-state index contributed by atoms with van der Waals surface area (Å²) in [5, 5.41) is 14.2. The number of nitrogens with one attached hydrogen (secondary N) is 2. The Morgan fingerprint density at radius 1 is 1.03 bits per heavy atom. The normalized spacial score (nSPS) is 10.9. The summed E-state index contributed by atoms with van der Waals surface area (Å²) in [5.74, 6) is -1.67. The number of carbonyl (C=O) groups excluding carboxylic acids is 2. The van der Waals surface area contributed by atoms with E-state index in [0.29, 0.717) is 11.3 Å². The quantitative estimate of drug-likeness (QED) is 0.518. The molecule has 1 heterocycles. The van der Waals surface area contributed by atoms with Gasteiger partial charge in [-0.25, -0.2) is 4.79 Å². The summed E-state index contributed by atoms with van der Waals surface area (Å²) in [7, 11) is 1.54. The fourth-order valence-corrected chi connectivity index (χ4v) is 2.55. The highest BCUT2D eigenvalue weighted by Crippen LogP contribution is 2.16.